The Labute approximate surface area is 197 Å². The highest BCUT2D eigenvalue weighted by molar-refractivity contribution is 5.95. The highest BCUT2D eigenvalue weighted by atomic mass is 16.3. The van der Waals surface area contributed by atoms with E-state index < -0.39 is 0 Å². The molecule has 180 valence electrons. The van der Waals surface area contributed by atoms with Crippen molar-refractivity contribution in [3.05, 3.63) is 11.6 Å². The number of hydrogen-bond donors (Lipinski definition) is 1. The van der Waals surface area contributed by atoms with E-state index in [1.807, 2.05) is 0 Å². The second-order valence-corrected chi connectivity index (χ2v) is 15.2. The molecule has 4 saturated carbocycles. The van der Waals surface area contributed by atoms with Gasteiger partial charge in [0.25, 0.3) is 0 Å². The minimum atomic E-state index is -0.245. The minimum absolute atomic E-state index is 0.00948. The van der Waals surface area contributed by atoms with Crippen LogP contribution in [-0.4, -0.2) is 17.0 Å². The van der Waals surface area contributed by atoms with Crippen LogP contribution in [-0.2, 0) is 4.79 Å². The van der Waals surface area contributed by atoms with Crippen LogP contribution in [0.2, 0.25) is 0 Å². The molecule has 0 unspecified atom stereocenters. The SMILES string of the molecule is CC1(C)CC[C@]2(C)CC[C@]3(C)C(=CC(=O)[C@@H]4[C@@]5(C)CC[C@H](O)C(C)(C)[C@H]5CC[C@]43C)[C@@H]2C1. The summed E-state index contributed by atoms with van der Waals surface area (Å²) in [5, 5.41) is 10.9. The standard InChI is InChI=1S/C30H48O2/c1-25(2)13-14-27(5)15-16-29(7)19(20(27)18-25)17-21(31)24-28(6)11-10-23(32)26(3,4)22(28)9-12-30(24,29)8/h17,20,22-24,32H,9-16,18H2,1-8H3/t20-,22+,23-,24+,27+,28-,29+,30+/m0/s1. The maximum atomic E-state index is 14.2. The molecule has 0 saturated heterocycles. The number of carbonyl (C=O) groups is 1. The third-order valence-corrected chi connectivity index (χ3v) is 12.8. The first-order valence-corrected chi connectivity index (χ1v) is 13.5. The Kier molecular flexibility index (Phi) is 4.71. The molecule has 5 aliphatic carbocycles. The van der Waals surface area contributed by atoms with Gasteiger partial charge in [0, 0.05) is 5.92 Å². The molecule has 0 aliphatic heterocycles. The average Bonchev–Trinajstić information content (AvgIpc) is 2.68. The summed E-state index contributed by atoms with van der Waals surface area (Å²) < 4.78 is 0. The number of hydrogen-bond acceptors (Lipinski definition) is 2. The van der Waals surface area contributed by atoms with Crippen LogP contribution in [0.15, 0.2) is 11.6 Å². The van der Waals surface area contributed by atoms with Gasteiger partial charge >= 0.3 is 0 Å². The van der Waals surface area contributed by atoms with Crippen molar-refractivity contribution >= 4 is 5.78 Å². The van der Waals surface area contributed by atoms with Crippen molar-refractivity contribution in [2.75, 3.05) is 0 Å². The van der Waals surface area contributed by atoms with E-state index in [-0.39, 0.29) is 33.7 Å². The zero-order valence-electron chi connectivity index (χ0n) is 22.1. The van der Waals surface area contributed by atoms with E-state index in [1.165, 1.54) is 37.7 Å². The Balaban J connectivity index is 1.63. The van der Waals surface area contributed by atoms with Crippen molar-refractivity contribution in [1.82, 2.24) is 0 Å². The number of rotatable bonds is 0. The number of fused-ring (bicyclic) bond motifs is 7. The zero-order chi connectivity index (χ0) is 23.5. The van der Waals surface area contributed by atoms with Crippen LogP contribution >= 0.6 is 0 Å². The van der Waals surface area contributed by atoms with Gasteiger partial charge < -0.3 is 5.11 Å². The van der Waals surface area contributed by atoms with E-state index in [0.717, 1.165) is 25.7 Å². The first-order valence-electron chi connectivity index (χ1n) is 13.5. The van der Waals surface area contributed by atoms with Gasteiger partial charge in [-0.2, -0.15) is 0 Å². The summed E-state index contributed by atoms with van der Waals surface area (Å²) in [6, 6.07) is 0. The maximum absolute atomic E-state index is 14.2. The number of allylic oxidation sites excluding steroid dienone is 2. The van der Waals surface area contributed by atoms with Gasteiger partial charge in [-0.05, 0) is 108 Å². The Morgan fingerprint density at radius 1 is 0.844 bits per heavy atom. The lowest BCUT2D eigenvalue weighted by atomic mass is 9.33. The van der Waals surface area contributed by atoms with Crippen molar-refractivity contribution < 1.29 is 9.90 Å². The molecule has 0 bridgehead atoms. The van der Waals surface area contributed by atoms with Crippen molar-refractivity contribution in [3.63, 3.8) is 0 Å². The summed E-state index contributed by atoms with van der Waals surface area (Å²) >= 11 is 0. The van der Waals surface area contributed by atoms with Gasteiger partial charge in [0.1, 0.15) is 0 Å². The van der Waals surface area contributed by atoms with E-state index in [1.54, 1.807) is 0 Å². The lowest BCUT2D eigenvalue weighted by Crippen LogP contribution is -2.66. The smallest absolute Gasteiger partial charge is 0.159 e. The maximum Gasteiger partial charge on any atom is 0.159 e. The molecule has 8 atom stereocenters. The fraction of sp³-hybridized carbons (Fsp3) is 0.900. The fourth-order valence-corrected chi connectivity index (χ4v) is 10.3. The molecule has 5 rings (SSSR count). The van der Waals surface area contributed by atoms with Crippen molar-refractivity contribution in [1.29, 1.82) is 0 Å². The number of ketones is 1. The summed E-state index contributed by atoms with van der Waals surface area (Å²) in [5.74, 6) is 1.49. The quantitative estimate of drug-likeness (QED) is 0.427. The molecule has 0 heterocycles. The molecule has 2 heteroatoms. The summed E-state index contributed by atoms with van der Waals surface area (Å²) in [7, 11) is 0. The van der Waals surface area contributed by atoms with Gasteiger partial charge in [-0.25, -0.2) is 0 Å². The molecular formula is C30H48O2. The van der Waals surface area contributed by atoms with E-state index in [9.17, 15) is 9.90 Å². The van der Waals surface area contributed by atoms with Gasteiger partial charge in [0.2, 0.25) is 0 Å². The largest absolute Gasteiger partial charge is 0.393 e. The second kappa shape index (κ2) is 6.52. The summed E-state index contributed by atoms with van der Waals surface area (Å²) in [6.07, 6.45) is 12.4. The Morgan fingerprint density at radius 3 is 2.19 bits per heavy atom. The number of aliphatic hydroxyl groups excluding tert-OH is 1. The first kappa shape index (κ1) is 23.1. The van der Waals surface area contributed by atoms with Crippen molar-refractivity contribution in [2.24, 2.45) is 50.2 Å². The lowest BCUT2D eigenvalue weighted by molar-refractivity contribution is -0.202. The molecule has 4 fully saturated rings. The third-order valence-electron chi connectivity index (χ3n) is 12.8. The molecular weight excluding hydrogens is 392 g/mol. The molecule has 0 aromatic rings. The van der Waals surface area contributed by atoms with Crippen molar-refractivity contribution in [2.45, 2.75) is 119 Å². The highest BCUT2D eigenvalue weighted by Crippen LogP contribution is 2.75. The summed E-state index contributed by atoms with van der Waals surface area (Å²) in [4.78, 5) is 14.2. The molecule has 0 aromatic carbocycles. The van der Waals surface area contributed by atoms with E-state index in [4.69, 9.17) is 0 Å². The molecule has 0 spiro atoms. The zero-order valence-corrected chi connectivity index (χ0v) is 22.1. The molecule has 0 radical (unpaired) electrons. The summed E-state index contributed by atoms with van der Waals surface area (Å²) in [5.41, 5.74) is 2.29. The molecule has 1 N–H and O–H groups in total. The van der Waals surface area contributed by atoms with Gasteiger partial charge in [0.15, 0.2) is 5.78 Å². The first-order chi connectivity index (χ1) is 14.6. The van der Waals surface area contributed by atoms with E-state index in [2.05, 4.69) is 61.5 Å². The van der Waals surface area contributed by atoms with E-state index in [0.29, 0.717) is 28.4 Å². The lowest BCUT2D eigenvalue weighted by Gasteiger charge is -2.70. The molecule has 32 heavy (non-hydrogen) atoms. The Hall–Kier alpha value is -0.630. The normalized spacial score (nSPS) is 53.9. The predicted molar refractivity (Wildman–Crippen MR) is 131 cm³/mol. The van der Waals surface area contributed by atoms with Crippen LogP contribution in [0.4, 0.5) is 0 Å². The summed E-state index contributed by atoms with van der Waals surface area (Å²) in [6.45, 7) is 19.4. The van der Waals surface area contributed by atoms with Gasteiger partial charge in [-0.1, -0.05) is 61.0 Å². The number of aliphatic hydroxyl groups is 1. The molecule has 0 aromatic heterocycles. The molecule has 0 amide bonds. The average molecular weight is 441 g/mol. The van der Waals surface area contributed by atoms with Gasteiger partial charge in [0.05, 0.1) is 6.10 Å². The van der Waals surface area contributed by atoms with E-state index >= 15 is 0 Å². The third kappa shape index (κ3) is 2.71. The van der Waals surface area contributed by atoms with Crippen LogP contribution in [0.25, 0.3) is 0 Å². The molecule has 5 aliphatic rings. The topological polar surface area (TPSA) is 37.3 Å². The van der Waals surface area contributed by atoms with Crippen LogP contribution in [0, 0.1) is 50.2 Å². The number of carbonyl (C=O) groups excluding carboxylic acids is 1. The van der Waals surface area contributed by atoms with Crippen LogP contribution in [0.5, 0.6) is 0 Å². The van der Waals surface area contributed by atoms with Gasteiger partial charge in [-0.3, -0.25) is 4.79 Å². The van der Waals surface area contributed by atoms with Crippen LogP contribution < -0.4 is 0 Å². The van der Waals surface area contributed by atoms with Crippen LogP contribution in [0.1, 0.15) is 113 Å². The Morgan fingerprint density at radius 2 is 1.50 bits per heavy atom. The van der Waals surface area contributed by atoms with Gasteiger partial charge in [-0.15, -0.1) is 0 Å². The Bertz CT molecular complexity index is 866. The minimum Gasteiger partial charge on any atom is -0.393 e. The molecule has 2 nitrogen and oxygen atoms in total. The van der Waals surface area contributed by atoms with Crippen molar-refractivity contribution in [3.8, 4) is 0 Å². The fourth-order valence-electron chi connectivity index (χ4n) is 10.3. The second-order valence-electron chi connectivity index (χ2n) is 15.2. The van der Waals surface area contributed by atoms with Crippen LogP contribution in [0.3, 0.4) is 0 Å². The highest BCUT2D eigenvalue weighted by Gasteiger charge is 2.69. The monoisotopic (exact) mass is 440 g/mol. The predicted octanol–water partition coefficient (Wildman–Crippen LogP) is 7.35.